The van der Waals surface area contributed by atoms with Gasteiger partial charge < -0.3 is 10.2 Å². The van der Waals surface area contributed by atoms with E-state index in [1.54, 1.807) is 18.2 Å². The van der Waals surface area contributed by atoms with Crippen molar-refractivity contribution < 1.29 is 4.79 Å². The van der Waals surface area contributed by atoms with Crippen molar-refractivity contribution in [1.82, 2.24) is 10.2 Å². The first-order valence-electron chi connectivity index (χ1n) is 6.79. The molecule has 1 aromatic rings. The van der Waals surface area contributed by atoms with Crippen molar-refractivity contribution in [2.24, 2.45) is 0 Å². The monoisotopic (exact) mass is 271 g/mol. The van der Waals surface area contributed by atoms with Crippen LogP contribution < -0.4 is 5.32 Å². The summed E-state index contributed by atoms with van der Waals surface area (Å²) in [7, 11) is 0. The zero-order valence-corrected chi connectivity index (χ0v) is 11.9. The number of nitrogens with zero attached hydrogens (tertiary/aromatic N) is 2. The van der Waals surface area contributed by atoms with Gasteiger partial charge in [0.15, 0.2) is 0 Å². The van der Waals surface area contributed by atoms with Gasteiger partial charge in [-0.2, -0.15) is 5.26 Å². The maximum Gasteiger partial charge on any atom is 0.236 e. The van der Waals surface area contributed by atoms with Crippen LogP contribution in [-0.2, 0) is 11.3 Å². The van der Waals surface area contributed by atoms with Crippen LogP contribution >= 0.6 is 0 Å². The summed E-state index contributed by atoms with van der Waals surface area (Å²) in [5.74, 6) is 0.0815. The minimum absolute atomic E-state index is 0.0815. The molecule has 106 valence electrons. The average Bonchev–Trinajstić information content (AvgIpc) is 2.47. The molecular formula is C16H21N3O. The summed E-state index contributed by atoms with van der Waals surface area (Å²) in [4.78, 5) is 13.9. The normalized spacial score (nSPS) is 9.80. The quantitative estimate of drug-likeness (QED) is 0.581. The molecule has 0 atom stereocenters. The Morgan fingerprint density at radius 2 is 2.15 bits per heavy atom. The maximum absolute atomic E-state index is 12.1. The molecule has 0 radical (unpaired) electrons. The molecule has 0 aliphatic carbocycles. The lowest BCUT2D eigenvalue weighted by molar-refractivity contribution is -0.130. The van der Waals surface area contributed by atoms with E-state index in [1.807, 2.05) is 17.0 Å². The van der Waals surface area contributed by atoms with Gasteiger partial charge in [0.2, 0.25) is 5.91 Å². The molecular weight excluding hydrogens is 250 g/mol. The molecule has 0 aliphatic heterocycles. The van der Waals surface area contributed by atoms with Crippen LogP contribution in [0, 0.1) is 11.3 Å². The molecule has 0 fully saturated rings. The number of hydrogen-bond acceptors (Lipinski definition) is 3. The Balaban J connectivity index is 2.63. The van der Waals surface area contributed by atoms with Crippen molar-refractivity contribution in [3.63, 3.8) is 0 Å². The molecule has 1 rings (SSSR count). The van der Waals surface area contributed by atoms with E-state index < -0.39 is 0 Å². The van der Waals surface area contributed by atoms with E-state index in [1.165, 1.54) is 0 Å². The molecule has 0 unspecified atom stereocenters. The second kappa shape index (κ2) is 8.89. The van der Waals surface area contributed by atoms with Crippen molar-refractivity contribution >= 4 is 5.91 Å². The van der Waals surface area contributed by atoms with Crippen molar-refractivity contribution in [3.8, 4) is 6.07 Å². The van der Waals surface area contributed by atoms with Gasteiger partial charge in [0, 0.05) is 19.6 Å². The fraction of sp³-hybridized carbons (Fsp3) is 0.375. The van der Waals surface area contributed by atoms with E-state index in [0.29, 0.717) is 25.2 Å². The highest BCUT2D eigenvalue weighted by Crippen LogP contribution is 2.08. The third-order valence-electron chi connectivity index (χ3n) is 2.87. The van der Waals surface area contributed by atoms with Gasteiger partial charge in [0.1, 0.15) is 0 Å². The molecule has 1 N–H and O–H groups in total. The SMILES string of the molecule is C=CCNCC(=O)N(CCC)Cc1ccc(C#N)cc1. The van der Waals surface area contributed by atoms with Gasteiger partial charge in [-0.15, -0.1) is 6.58 Å². The zero-order valence-electron chi connectivity index (χ0n) is 11.9. The number of rotatable bonds is 8. The lowest BCUT2D eigenvalue weighted by Gasteiger charge is -2.22. The topological polar surface area (TPSA) is 56.1 Å². The van der Waals surface area contributed by atoms with Crippen LogP contribution in [0.1, 0.15) is 24.5 Å². The molecule has 0 heterocycles. The highest BCUT2D eigenvalue weighted by atomic mass is 16.2. The Bertz CT molecular complexity index is 473. The van der Waals surface area contributed by atoms with Crippen molar-refractivity contribution in [2.45, 2.75) is 19.9 Å². The van der Waals surface area contributed by atoms with Gasteiger partial charge in [-0.3, -0.25) is 4.79 Å². The predicted molar refractivity (Wildman–Crippen MR) is 79.9 cm³/mol. The number of benzene rings is 1. The van der Waals surface area contributed by atoms with Crippen LogP contribution in [0.4, 0.5) is 0 Å². The summed E-state index contributed by atoms with van der Waals surface area (Å²) >= 11 is 0. The lowest BCUT2D eigenvalue weighted by Crippen LogP contribution is -2.38. The molecule has 0 bridgehead atoms. The molecule has 1 amide bonds. The van der Waals surface area contributed by atoms with Crippen molar-refractivity contribution in [3.05, 3.63) is 48.0 Å². The minimum Gasteiger partial charge on any atom is -0.337 e. The van der Waals surface area contributed by atoms with Gasteiger partial charge in [-0.1, -0.05) is 25.1 Å². The number of nitrogens with one attached hydrogen (secondary N) is 1. The molecule has 4 nitrogen and oxygen atoms in total. The first-order chi connectivity index (χ1) is 9.71. The van der Waals surface area contributed by atoms with Crippen molar-refractivity contribution in [1.29, 1.82) is 5.26 Å². The van der Waals surface area contributed by atoms with Crippen LogP contribution in [0.25, 0.3) is 0 Å². The molecule has 1 aromatic carbocycles. The van der Waals surface area contributed by atoms with Crippen LogP contribution in [-0.4, -0.2) is 30.4 Å². The highest BCUT2D eigenvalue weighted by Gasteiger charge is 2.12. The first-order valence-corrected chi connectivity index (χ1v) is 6.79. The van der Waals surface area contributed by atoms with Crippen molar-refractivity contribution in [2.75, 3.05) is 19.6 Å². The second-order valence-electron chi connectivity index (χ2n) is 4.54. The van der Waals surface area contributed by atoms with E-state index in [2.05, 4.69) is 24.9 Å². The van der Waals surface area contributed by atoms with Crippen LogP contribution in [0.15, 0.2) is 36.9 Å². The number of carbonyl (C=O) groups excluding carboxylic acids is 1. The van der Waals surface area contributed by atoms with E-state index in [0.717, 1.165) is 18.5 Å². The Labute approximate surface area is 120 Å². The number of carbonyl (C=O) groups is 1. The fourth-order valence-electron chi connectivity index (χ4n) is 1.86. The van der Waals surface area contributed by atoms with Gasteiger partial charge in [-0.05, 0) is 24.1 Å². The zero-order chi connectivity index (χ0) is 14.8. The molecule has 0 aliphatic rings. The second-order valence-corrected chi connectivity index (χ2v) is 4.54. The van der Waals surface area contributed by atoms with Crippen LogP contribution in [0.2, 0.25) is 0 Å². The van der Waals surface area contributed by atoms with E-state index >= 15 is 0 Å². The van der Waals surface area contributed by atoms with Crippen LogP contribution in [0.5, 0.6) is 0 Å². The fourth-order valence-corrected chi connectivity index (χ4v) is 1.86. The minimum atomic E-state index is 0.0815. The summed E-state index contributed by atoms with van der Waals surface area (Å²) in [6.07, 6.45) is 2.65. The Hall–Kier alpha value is -2.12. The van der Waals surface area contributed by atoms with Gasteiger partial charge in [0.05, 0.1) is 18.2 Å². The van der Waals surface area contributed by atoms with Gasteiger partial charge in [-0.25, -0.2) is 0 Å². The Morgan fingerprint density at radius 3 is 2.70 bits per heavy atom. The summed E-state index contributed by atoms with van der Waals surface area (Å²) in [6.45, 7) is 7.92. The molecule has 0 spiro atoms. The average molecular weight is 271 g/mol. The third kappa shape index (κ3) is 5.25. The lowest BCUT2D eigenvalue weighted by atomic mass is 10.1. The third-order valence-corrected chi connectivity index (χ3v) is 2.87. The van der Waals surface area contributed by atoms with E-state index in [-0.39, 0.29) is 5.91 Å². The summed E-state index contributed by atoms with van der Waals surface area (Å²) < 4.78 is 0. The summed E-state index contributed by atoms with van der Waals surface area (Å²) in [6, 6.07) is 9.43. The Kier molecular flexibility index (Phi) is 7.08. The molecule has 0 saturated carbocycles. The number of nitriles is 1. The van der Waals surface area contributed by atoms with Gasteiger partial charge >= 0.3 is 0 Å². The van der Waals surface area contributed by atoms with E-state index in [9.17, 15) is 4.79 Å². The molecule has 0 saturated heterocycles. The molecule has 4 heteroatoms. The highest BCUT2D eigenvalue weighted by molar-refractivity contribution is 5.78. The summed E-state index contributed by atoms with van der Waals surface area (Å²) in [5, 5.41) is 11.8. The molecule has 0 aromatic heterocycles. The number of amides is 1. The van der Waals surface area contributed by atoms with E-state index in [4.69, 9.17) is 5.26 Å². The molecule has 20 heavy (non-hydrogen) atoms. The smallest absolute Gasteiger partial charge is 0.236 e. The first kappa shape index (κ1) is 15.9. The summed E-state index contributed by atoms with van der Waals surface area (Å²) in [5.41, 5.74) is 1.67. The predicted octanol–water partition coefficient (Wildman–Crippen LogP) is 2.07. The standard InChI is InChI=1S/C16H21N3O/c1-3-9-18-12-16(20)19(10-4-2)13-15-7-5-14(11-17)6-8-15/h3,5-8,18H,1,4,9-10,12-13H2,2H3. The van der Waals surface area contributed by atoms with Crippen LogP contribution in [0.3, 0.4) is 0 Å². The largest absolute Gasteiger partial charge is 0.337 e. The van der Waals surface area contributed by atoms with Gasteiger partial charge in [0.25, 0.3) is 0 Å². The maximum atomic E-state index is 12.1. The Morgan fingerprint density at radius 1 is 1.45 bits per heavy atom. The number of hydrogen-bond donors (Lipinski definition) is 1.